The van der Waals surface area contributed by atoms with Crippen LogP contribution in [0.3, 0.4) is 0 Å². The fourth-order valence-corrected chi connectivity index (χ4v) is 4.25. The molecule has 162 valence electrons. The zero-order chi connectivity index (χ0) is 21.1. The van der Waals surface area contributed by atoms with E-state index in [2.05, 4.69) is 26.9 Å². The van der Waals surface area contributed by atoms with Gasteiger partial charge in [0.25, 0.3) is 0 Å². The first-order valence-corrected chi connectivity index (χ1v) is 10.7. The van der Waals surface area contributed by atoms with Crippen molar-refractivity contribution >= 4 is 11.8 Å². The molecule has 0 atom stereocenters. The minimum atomic E-state index is -4.69. The lowest BCUT2D eigenvalue weighted by atomic mass is 9.96. The number of benzene rings is 1. The highest BCUT2D eigenvalue weighted by Crippen LogP contribution is 2.30. The van der Waals surface area contributed by atoms with Crippen molar-refractivity contribution in [2.24, 2.45) is 0 Å². The van der Waals surface area contributed by atoms with Crippen molar-refractivity contribution in [2.45, 2.75) is 70.8 Å². The highest BCUT2D eigenvalue weighted by Gasteiger charge is 2.31. The first kappa shape index (κ1) is 20.8. The van der Waals surface area contributed by atoms with E-state index in [9.17, 15) is 13.2 Å². The third kappa shape index (κ3) is 5.15. The molecule has 1 fully saturated rings. The second kappa shape index (κ2) is 8.70. The Balaban J connectivity index is 1.54. The zero-order valence-electron chi connectivity index (χ0n) is 17.1. The predicted octanol–water partition coefficient (Wildman–Crippen LogP) is 5.24. The zero-order valence-corrected chi connectivity index (χ0v) is 17.1. The molecular formula is C22H27F3N4O. The number of anilines is 2. The highest BCUT2D eigenvalue weighted by molar-refractivity contribution is 5.49. The fraction of sp³-hybridized carbons (Fsp3) is 0.545. The topological polar surface area (TPSA) is 50.3 Å². The average molecular weight is 420 g/mol. The molecule has 2 heterocycles. The van der Waals surface area contributed by atoms with E-state index in [1.807, 2.05) is 6.07 Å². The third-order valence-electron chi connectivity index (χ3n) is 5.81. The maximum absolute atomic E-state index is 12.6. The lowest BCUT2D eigenvalue weighted by molar-refractivity contribution is -0.274. The molecule has 8 heteroatoms. The average Bonchev–Trinajstić information content (AvgIpc) is 2.72. The lowest BCUT2D eigenvalue weighted by Gasteiger charge is -2.31. The highest BCUT2D eigenvalue weighted by atomic mass is 19.4. The standard InChI is InChI=1S/C22H27F3N4O/c1-2-17-13-20(28-21(26-17)27-18-6-4-3-5-7-18)29-11-10-15-8-9-19(12-16(15)14-29)30-22(23,24)25/h8-9,12-13,18H,2-7,10-11,14H2,1H3,(H,26,27,28). The summed E-state index contributed by atoms with van der Waals surface area (Å²) in [7, 11) is 0. The monoisotopic (exact) mass is 420 g/mol. The number of halogens is 3. The number of fused-ring (bicyclic) bond motifs is 1. The number of hydrogen-bond acceptors (Lipinski definition) is 5. The van der Waals surface area contributed by atoms with Crippen molar-refractivity contribution in [3.63, 3.8) is 0 Å². The van der Waals surface area contributed by atoms with Crippen LogP contribution in [-0.4, -0.2) is 28.9 Å². The minimum Gasteiger partial charge on any atom is -0.406 e. The Bertz CT molecular complexity index is 881. The molecule has 0 unspecified atom stereocenters. The van der Waals surface area contributed by atoms with Crippen molar-refractivity contribution in [1.82, 2.24) is 9.97 Å². The van der Waals surface area contributed by atoms with E-state index >= 15 is 0 Å². The van der Waals surface area contributed by atoms with E-state index in [-0.39, 0.29) is 5.75 Å². The van der Waals surface area contributed by atoms with Crippen LogP contribution in [-0.2, 0) is 19.4 Å². The molecule has 4 rings (SSSR count). The van der Waals surface area contributed by atoms with E-state index < -0.39 is 6.36 Å². The van der Waals surface area contributed by atoms with Crippen molar-refractivity contribution in [1.29, 1.82) is 0 Å². The van der Waals surface area contributed by atoms with Crippen LogP contribution < -0.4 is 15.0 Å². The summed E-state index contributed by atoms with van der Waals surface area (Å²) in [6.45, 7) is 3.31. The van der Waals surface area contributed by atoms with Gasteiger partial charge in [0.05, 0.1) is 0 Å². The van der Waals surface area contributed by atoms with E-state index in [4.69, 9.17) is 4.98 Å². The van der Waals surface area contributed by atoms with Crippen LogP contribution in [0.1, 0.15) is 55.8 Å². The third-order valence-corrected chi connectivity index (χ3v) is 5.81. The van der Waals surface area contributed by atoms with Crippen LogP contribution in [0.4, 0.5) is 24.9 Å². The molecule has 1 aliphatic carbocycles. The van der Waals surface area contributed by atoms with Gasteiger partial charge >= 0.3 is 6.36 Å². The summed E-state index contributed by atoms with van der Waals surface area (Å²) in [6.07, 6.45) is 2.85. The normalized spacial score (nSPS) is 17.5. The maximum Gasteiger partial charge on any atom is 0.573 e. The molecule has 0 spiro atoms. The molecule has 30 heavy (non-hydrogen) atoms. The van der Waals surface area contributed by atoms with Crippen LogP contribution in [0.2, 0.25) is 0 Å². The van der Waals surface area contributed by atoms with Gasteiger partial charge < -0.3 is 15.0 Å². The second-order valence-electron chi connectivity index (χ2n) is 8.02. The smallest absolute Gasteiger partial charge is 0.406 e. The van der Waals surface area contributed by atoms with Crippen LogP contribution >= 0.6 is 0 Å². The van der Waals surface area contributed by atoms with Gasteiger partial charge in [-0.05, 0) is 48.9 Å². The Hall–Kier alpha value is -2.51. The summed E-state index contributed by atoms with van der Waals surface area (Å²) >= 11 is 0. The Morgan fingerprint density at radius 1 is 1.10 bits per heavy atom. The van der Waals surface area contributed by atoms with Gasteiger partial charge in [-0.25, -0.2) is 4.98 Å². The van der Waals surface area contributed by atoms with E-state index in [1.165, 1.54) is 31.4 Å². The van der Waals surface area contributed by atoms with Crippen molar-refractivity contribution in [3.8, 4) is 5.75 Å². The molecule has 1 N–H and O–H groups in total. The maximum atomic E-state index is 12.6. The molecule has 0 amide bonds. The van der Waals surface area contributed by atoms with Crippen LogP contribution in [0, 0.1) is 0 Å². The molecule has 0 bridgehead atoms. The van der Waals surface area contributed by atoms with Crippen LogP contribution in [0.5, 0.6) is 5.75 Å². The van der Waals surface area contributed by atoms with E-state index in [1.54, 1.807) is 6.07 Å². The fourth-order valence-electron chi connectivity index (χ4n) is 4.25. The quantitative estimate of drug-likeness (QED) is 0.716. The SMILES string of the molecule is CCc1cc(N2CCc3ccc(OC(F)(F)F)cc3C2)nc(NC2CCCCC2)n1. The Kier molecular flexibility index (Phi) is 6.01. The molecule has 1 aromatic carbocycles. The number of nitrogens with zero attached hydrogens (tertiary/aromatic N) is 3. The summed E-state index contributed by atoms with van der Waals surface area (Å²) < 4.78 is 41.8. The summed E-state index contributed by atoms with van der Waals surface area (Å²) in [4.78, 5) is 11.5. The molecule has 2 aliphatic rings. The van der Waals surface area contributed by atoms with Gasteiger partial charge in [0.2, 0.25) is 5.95 Å². The molecule has 1 saturated carbocycles. The molecule has 2 aromatic rings. The van der Waals surface area contributed by atoms with Crippen LogP contribution in [0.25, 0.3) is 0 Å². The summed E-state index contributed by atoms with van der Waals surface area (Å²) in [5.74, 6) is 1.28. The van der Waals surface area contributed by atoms with Gasteiger partial charge in [-0.15, -0.1) is 13.2 Å². The van der Waals surface area contributed by atoms with Gasteiger partial charge in [0.15, 0.2) is 0 Å². The number of aryl methyl sites for hydroxylation is 1. The molecule has 1 aromatic heterocycles. The Morgan fingerprint density at radius 2 is 1.90 bits per heavy atom. The molecule has 0 radical (unpaired) electrons. The van der Waals surface area contributed by atoms with Gasteiger partial charge in [-0.3, -0.25) is 0 Å². The summed E-state index contributed by atoms with van der Waals surface area (Å²) in [5, 5.41) is 3.50. The van der Waals surface area contributed by atoms with E-state index in [0.29, 0.717) is 18.5 Å². The van der Waals surface area contributed by atoms with Crippen molar-refractivity contribution in [2.75, 3.05) is 16.8 Å². The number of ether oxygens (including phenoxy) is 1. The number of hydrogen-bond donors (Lipinski definition) is 1. The molecule has 1 aliphatic heterocycles. The summed E-state index contributed by atoms with van der Waals surface area (Å²) in [5.41, 5.74) is 2.84. The number of alkyl halides is 3. The summed E-state index contributed by atoms with van der Waals surface area (Å²) in [6, 6.07) is 6.98. The Morgan fingerprint density at radius 3 is 2.63 bits per heavy atom. The van der Waals surface area contributed by atoms with Gasteiger partial charge in [0.1, 0.15) is 11.6 Å². The van der Waals surface area contributed by atoms with Gasteiger partial charge in [-0.1, -0.05) is 32.3 Å². The predicted molar refractivity (Wildman–Crippen MR) is 110 cm³/mol. The largest absolute Gasteiger partial charge is 0.573 e. The number of aromatic nitrogens is 2. The lowest BCUT2D eigenvalue weighted by Crippen LogP contribution is -2.32. The van der Waals surface area contributed by atoms with Crippen molar-refractivity contribution < 1.29 is 17.9 Å². The van der Waals surface area contributed by atoms with Gasteiger partial charge in [0, 0.05) is 30.9 Å². The Labute approximate surface area is 174 Å². The van der Waals surface area contributed by atoms with E-state index in [0.717, 1.165) is 54.9 Å². The molecular weight excluding hydrogens is 393 g/mol. The van der Waals surface area contributed by atoms with Crippen molar-refractivity contribution in [3.05, 3.63) is 41.1 Å². The number of nitrogens with one attached hydrogen (secondary N) is 1. The first-order chi connectivity index (χ1) is 14.4. The number of rotatable bonds is 5. The molecule has 0 saturated heterocycles. The first-order valence-electron chi connectivity index (χ1n) is 10.7. The van der Waals surface area contributed by atoms with Gasteiger partial charge in [-0.2, -0.15) is 4.98 Å². The molecule has 5 nitrogen and oxygen atoms in total. The second-order valence-corrected chi connectivity index (χ2v) is 8.02. The van der Waals surface area contributed by atoms with Crippen LogP contribution in [0.15, 0.2) is 24.3 Å². The minimum absolute atomic E-state index is 0.181.